The summed E-state index contributed by atoms with van der Waals surface area (Å²) in [6, 6.07) is 16.5. The summed E-state index contributed by atoms with van der Waals surface area (Å²) >= 11 is 6.70. The smallest absolute Gasteiger partial charge is 0.497 e. The number of methoxy groups -OCH3 is 1. The average Bonchev–Trinajstić information content (AvgIpc) is 3.64. The zero-order valence-corrected chi connectivity index (χ0v) is 26.7. The van der Waals surface area contributed by atoms with Gasteiger partial charge in [0.05, 0.1) is 30.5 Å². The molecule has 1 aromatic heterocycles. The molecular weight excluding hydrogens is 640 g/mol. The van der Waals surface area contributed by atoms with E-state index >= 15 is 0 Å². The number of rotatable bonds is 8. The van der Waals surface area contributed by atoms with E-state index in [0.717, 1.165) is 22.3 Å². The number of benzene rings is 3. The molecule has 0 atom stereocenters. The molecule has 0 aliphatic carbocycles. The average molecular weight is 668 g/mol. The van der Waals surface area contributed by atoms with Gasteiger partial charge in [0.2, 0.25) is 11.0 Å². The SMILES string of the molecule is COc1ccc(C(C)C)c(N2C(=O)CS/C2=N\C(=S)N/N=C/c2ccc(-c3ncn(-c4ccc(OC(F)(F)F)cc4)n3)cc2C)c1. The molecule has 0 saturated carbocycles. The van der Waals surface area contributed by atoms with E-state index in [4.69, 9.17) is 17.0 Å². The number of alkyl halides is 3. The summed E-state index contributed by atoms with van der Waals surface area (Å²) < 4.78 is 48.1. The van der Waals surface area contributed by atoms with E-state index in [1.807, 2.05) is 43.3 Å². The van der Waals surface area contributed by atoms with Gasteiger partial charge >= 0.3 is 6.36 Å². The summed E-state index contributed by atoms with van der Waals surface area (Å²) in [5.41, 5.74) is 7.38. The molecule has 4 aromatic rings. The van der Waals surface area contributed by atoms with Crippen molar-refractivity contribution in [2.45, 2.75) is 33.1 Å². The molecule has 46 heavy (non-hydrogen) atoms. The summed E-state index contributed by atoms with van der Waals surface area (Å²) in [5.74, 6) is 1.04. The largest absolute Gasteiger partial charge is 0.573 e. The zero-order chi connectivity index (χ0) is 33.0. The maximum Gasteiger partial charge on any atom is 0.573 e. The molecule has 238 valence electrons. The number of halogens is 3. The molecule has 5 rings (SSSR count). The Morgan fingerprint density at radius 2 is 1.85 bits per heavy atom. The standard InChI is InChI=1S/C31H28F3N7O3S2/c1-18(2)25-12-11-24(43-4)14-26(25)41-27(42)16-46-30(41)37-29(45)38-36-15-21-6-5-20(13-19(21)3)28-35-17-40(39-28)22-7-9-23(10-8-22)44-31(32,33)34/h5-15,17-18H,16H2,1-4H3,(H,38,45)/b36-15+,37-30-. The van der Waals surface area contributed by atoms with Crippen LogP contribution in [0, 0.1) is 6.92 Å². The number of aromatic nitrogens is 3. The third kappa shape index (κ3) is 7.72. The zero-order valence-electron chi connectivity index (χ0n) is 25.1. The number of amidine groups is 1. The predicted molar refractivity (Wildman–Crippen MR) is 176 cm³/mol. The Bertz CT molecular complexity index is 1820. The minimum atomic E-state index is -4.76. The number of amides is 1. The van der Waals surface area contributed by atoms with Crippen molar-refractivity contribution in [2.24, 2.45) is 10.1 Å². The first-order valence-corrected chi connectivity index (χ1v) is 15.3. The lowest BCUT2D eigenvalue weighted by Gasteiger charge is -2.22. The van der Waals surface area contributed by atoms with Crippen LogP contribution < -0.4 is 19.8 Å². The molecule has 0 bridgehead atoms. The van der Waals surface area contributed by atoms with E-state index in [-0.39, 0.29) is 28.4 Å². The number of ether oxygens (including phenoxy) is 2. The number of thiocarbonyl (C=S) groups is 1. The number of anilines is 1. The minimum Gasteiger partial charge on any atom is -0.497 e. The van der Waals surface area contributed by atoms with Crippen molar-refractivity contribution in [2.75, 3.05) is 17.8 Å². The van der Waals surface area contributed by atoms with Crippen LogP contribution >= 0.6 is 24.0 Å². The number of nitrogens with one attached hydrogen (secondary N) is 1. The van der Waals surface area contributed by atoms with Gasteiger partial charge in [-0.1, -0.05) is 43.8 Å². The van der Waals surface area contributed by atoms with Crippen LogP contribution in [0.1, 0.15) is 36.5 Å². The number of hydrogen-bond donors (Lipinski definition) is 1. The predicted octanol–water partition coefficient (Wildman–Crippen LogP) is 6.62. The Hall–Kier alpha value is -4.76. The third-order valence-corrected chi connectivity index (χ3v) is 7.89. The molecule has 0 unspecified atom stereocenters. The molecule has 10 nitrogen and oxygen atoms in total. The van der Waals surface area contributed by atoms with Crippen LogP contribution in [0.15, 0.2) is 77.1 Å². The molecule has 1 amide bonds. The van der Waals surface area contributed by atoms with E-state index in [2.05, 4.69) is 44.2 Å². The molecule has 1 N–H and O–H groups in total. The Morgan fingerprint density at radius 3 is 2.52 bits per heavy atom. The van der Waals surface area contributed by atoms with Crippen LogP contribution in [0.3, 0.4) is 0 Å². The number of hydrogen-bond acceptors (Lipinski definition) is 8. The van der Waals surface area contributed by atoms with E-state index in [9.17, 15) is 18.0 Å². The van der Waals surface area contributed by atoms with E-state index in [0.29, 0.717) is 28.1 Å². The summed E-state index contributed by atoms with van der Waals surface area (Å²) in [4.78, 5) is 23.2. The normalized spacial score (nSPS) is 14.5. The molecule has 1 aliphatic heterocycles. The van der Waals surface area contributed by atoms with Gasteiger partial charge in [0, 0.05) is 11.6 Å². The second-order valence-electron chi connectivity index (χ2n) is 10.3. The van der Waals surface area contributed by atoms with Gasteiger partial charge in [-0.15, -0.1) is 18.3 Å². The highest BCUT2D eigenvalue weighted by atomic mass is 32.2. The van der Waals surface area contributed by atoms with Gasteiger partial charge in [-0.25, -0.2) is 9.67 Å². The fraction of sp³-hybridized carbons (Fsp3) is 0.226. The number of aliphatic imine (C=N–C) groups is 1. The van der Waals surface area contributed by atoms with Gasteiger partial charge in [-0.2, -0.15) is 10.1 Å². The van der Waals surface area contributed by atoms with Crippen LogP contribution in [-0.4, -0.2) is 56.4 Å². The maximum absolute atomic E-state index is 12.9. The minimum absolute atomic E-state index is 0.0921. The second-order valence-corrected chi connectivity index (χ2v) is 11.6. The van der Waals surface area contributed by atoms with E-state index < -0.39 is 6.36 Å². The number of carbonyl (C=O) groups is 1. The fourth-order valence-corrected chi connectivity index (χ4v) is 5.63. The van der Waals surface area contributed by atoms with Gasteiger partial charge in [0.1, 0.15) is 17.8 Å². The molecular formula is C31H28F3N7O3S2. The molecule has 2 heterocycles. The van der Waals surface area contributed by atoms with Gasteiger partial charge in [-0.05, 0) is 78.1 Å². The molecule has 0 spiro atoms. The Morgan fingerprint density at radius 1 is 1.11 bits per heavy atom. The molecule has 1 fully saturated rings. The lowest BCUT2D eigenvalue weighted by Crippen LogP contribution is -2.31. The summed E-state index contributed by atoms with van der Waals surface area (Å²) in [5, 5.41) is 9.23. The van der Waals surface area contributed by atoms with Crippen molar-refractivity contribution in [3.05, 3.63) is 83.7 Å². The quantitative estimate of drug-likeness (QED) is 0.127. The van der Waals surface area contributed by atoms with Crippen LogP contribution in [0.5, 0.6) is 11.5 Å². The molecule has 15 heteroatoms. The highest BCUT2D eigenvalue weighted by Gasteiger charge is 2.33. The lowest BCUT2D eigenvalue weighted by molar-refractivity contribution is -0.274. The molecule has 0 radical (unpaired) electrons. The first kappa shape index (κ1) is 32.6. The Labute approximate surface area is 272 Å². The number of aryl methyl sites for hydroxylation is 1. The first-order valence-electron chi connectivity index (χ1n) is 13.9. The van der Waals surface area contributed by atoms with Crippen molar-refractivity contribution >= 4 is 52.1 Å². The Kier molecular flexibility index (Phi) is 9.72. The van der Waals surface area contributed by atoms with Crippen molar-refractivity contribution in [1.82, 2.24) is 20.2 Å². The number of nitrogens with zero attached hydrogens (tertiary/aromatic N) is 6. The Balaban J connectivity index is 1.25. The monoisotopic (exact) mass is 667 g/mol. The van der Waals surface area contributed by atoms with Crippen LogP contribution in [0.25, 0.3) is 17.1 Å². The highest BCUT2D eigenvalue weighted by molar-refractivity contribution is 8.15. The van der Waals surface area contributed by atoms with Crippen LogP contribution in [0.2, 0.25) is 0 Å². The molecule has 3 aromatic carbocycles. The van der Waals surface area contributed by atoms with Crippen molar-refractivity contribution in [1.29, 1.82) is 0 Å². The second kappa shape index (κ2) is 13.7. The first-order chi connectivity index (χ1) is 21.9. The topological polar surface area (TPSA) is 106 Å². The summed E-state index contributed by atoms with van der Waals surface area (Å²) in [6.45, 7) is 6.01. The fourth-order valence-electron chi connectivity index (χ4n) is 4.56. The highest BCUT2D eigenvalue weighted by Crippen LogP contribution is 2.36. The summed E-state index contributed by atoms with van der Waals surface area (Å²) in [7, 11) is 1.58. The number of thioether (sulfide) groups is 1. The maximum atomic E-state index is 12.9. The van der Waals surface area contributed by atoms with E-state index in [1.54, 1.807) is 18.2 Å². The van der Waals surface area contributed by atoms with Gasteiger partial charge in [0.25, 0.3) is 0 Å². The van der Waals surface area contributed by atoms with Crippen molar-refractivity contribution in [3.8, 4) is 28.6 Å². The third-order valence-electron chi connectivity index (χ3n) is 6.78. The molecule has 1 saturated heterocycles. The lowest BCUT2D eigenvalue weighted by atomic mass is 10.00. The van der Waals surface area contributed by atoms with Crippen LogP contribution in [-0.2, 0) is 4.79 Å². The van der Waals surface area contributed by atoms with Gasteiger partial charge < -0.3 is 9.47 Å². The van der Waals surface area contributed by atoms with E-state index in [1.165, 1.54) is 47.0 Å². The summed E-state index contributed by atoms with van der Waals surface area (Å²) in [6.07, 6.45) is -1.69. The van der Waals surface area contributed by atoms with Crippen LogP contribution in [0.4, 0.5) is 18.9 Å². The van der Waals surface area contributed by atoms with Crippen molar-refractivity contribution < 1.29 is 27.4 Å². The van der Waals surface area contributed by atoms with Crippen molar-refractivity contribution in [3.63, 3.8) is 0 Å². The van der Waals surface area contributed by atoms with Gasteiger partial charge in [0.15, 0.2) is 11.0 Å². The number of hydrazone groups is 1. The number of carbonyl (C=O) groups excluding carboxylic acids is 1. The molecule has 1 aliphatic rings. The van der Waals surface area contributed by atoms with Gasteiger partial charge in [-0.3, -0.25) is 15.1 Å².